The van der Waals surface area contributed by atoms with Crippen molar-refractivity contribution in [1.82, 2.24) is 10.0 Å². The van der Waals surface area contributed by atoms with Gasteiger partial charge >= 0.3 is 0 Å². The lowest BCUT2D eigenvalue weighted by atomic mass is 9.88. The summed E-state index contributed by atoms with van der Waals surface area (Å²) >= 11 is 0. The molecular formula is C22H28N2O4S. The molecule has 0 fully saturated rings. The molecule has 156 valence electrons. The Bertz CT molecular complexity index is 942. The van der Waals surface area contributed by atoms with E-state index in [-0.39, 0.29) is 29.5 Å². The molecule has 0 unspecified atom stereocenters. The molecule has 0 saturated heterocycles. The quantitative estimate of drug-likeness (QED) is 0.691. The predicted octanol–water partition coefficient (Wildman–Crippen LogP) is 3.34. The summed E-state index contributed by atoms with van der Waals surface area (Å²) < 4.78 is 32.7. The number of hydrogen-bond acceptors (Lipinski definition) is 4. The van der Waals surface area contributed by atoms with Crippen molar-refractivity contribution in [2.75, 3.05) is 6.61 Å². The monoisotopic (exact) mass is 416 g/mol. The smallest absolute Gasteiger partial charge is 0.258 e. The lowest BCUT2D eigenvalue weighted by Crippen LogP contribution is -2.34. The first-order chi connectivity index (χ1) is 13.9. The first-order valence-electron chi connectivity index (χ1n) is 10.0. The van der Waals surface area contributed by atoms with E-state index in [0.29, 0.717) is 12.2 Å². The summed E-state index contributed by atoms with van der Waals surface area (Å²) in [6.07, 6.45) is 3.71. The van der Waals surface area contributed by atoms with Crippen LogP contribution in [-0.4, -0.2) is 27.0 Å². The molecule has 7 heteroatoms. The maximum Gasteiger partial charge on any atom is 0.258 e. The first-order valence-corrected chi connectivity index (χ1v) is 11.5. The summed E-state index contributed by atoms with van der Waals surface area (Å²) in [5, 5.41) is 3.04. The molecule has 6 nitrogen and oxygen atoms in total. The largest absolute Gasteiger partial charge is 0.484 e. The molecule has 29 heavy (non-hydrogen) atoms. The fourth-order valence-electron chi connectivity index (χ4n) is 3.42. The van der Waals surface area contributed by atoms with Gasteiger partial charge in [0.2, 0.25) is 10.0 Å². The molecule has 0 spiro atoms. The number of aryl methyl sites for hydroxylation is 1. The van der Waals surface area contributed by atoms with Gasteiger partial charge in [-0.05, 0) is 68.0 Å². The molecule has 2 atom stereocenters. The van der Waals surface area contributed by atoms with Gasteiger partial charge in [-0.25, -0.2) is 13.1 Å². The van der Waals surface area contributed by atoms with Gasteiger partial charge in [-0.1, -0.05) is 31.2 Å². The van der Waals surface area contributed by atoms with Crippen molar-refractivity contribution in [3.63, 3.8) is 0 Å². The normalized spacial score (nSPS) is 17.2. The zero-order chi connectivity index (χ0) is 20.9. The van der Waals surface area contributed by atoms with Crippen LogP contribution in [-0.2, 0) is 21.2 Å². The van der Waals surface area contributed by atoms with E-state index in [1.54, 1.807) is 12.1 Å². The minimum absolute atomic E-state index is 0.00944. The minimum Gasteiger partial charge on any atom is -0.484 e. The molecule has 0 heterocycles. The highest BCUT2D eigenvalue weighted by Gasteiger charge is 2.21. The number of hydrogen-bond donors (Lipinski definition) is 2. The number of carbonyl (C=O) groups excluding carboxylic acids is 1. The summed E-state index contributed by atoms with van der Waals surface area (Å²) in [6, 6.07) is 14.1. The van der Waals surface area contributed by atoms with Crippen LogP contribution in [0.25, 0.3) is 0 Å². The van der Waals surface area contributed by atoms with Crippen LogP contribution in [0.5, 0.6) is 5.75 Å². The van der Waals surface area contributed by atoms with Crippen LogP contribution >= 0.6 is 0 Å². The fourth-order valence-corrected chi connectivity index (χ4v) is 4.75. The maximum absolute atomic E-state index is 12.3. The summed E-state index contributed by atoms with van der Waals surface area (Å²) in [5.74, 6) is 0.258. The molecule has 0 radical (unpaired) electrons. The molecule has 3 rings (SSSR count). The van der Waals surface area contributed by atoms with Gasteiger partial charge in [-0.3, -0.25) is 4.79 Å². The van der Waals surface area contributed by atoms with E-state index in [1.807, 2.05) is 26.0 Å². The molecule has 2 N–H and O–H groups in total. The Morgan fingerprint density at radius 2 is 1.90 bits per heavy atom. The molecular weight excluding hydrogens is 388 g/mol. The van der Waals surface area contributed by atoms with E-state index < -0.39 is 10.0 Å². The number of fused-ring (bicyclic) bond motifs is 1. The second-order valence-corrected chi connectivity index (χ2v) is 9.12. The lowest BCUT2D eigenvalue weighted by molar-refractivity contribution is -0.124. The molecule has 0 bridgehead atoms. The molecule has 0 saturated carbocycles. The third-order valence-corrected chi connectivity index (χ3v) is 6.78. The molecule has 1 amide bonds. The van der Waals surface area contributed by atoms with Crippen molar-refractivity contribution < 1.29 is 17.9 Å². The van der Waals surface area contributed by atoms with Crippen LogP contribution in [0.1, 0.15) is 50.3 Å². The van der Waals surface area contributed by atoms with Gasteiger partial charge in [0, 0.05) is 6.04 Å². The maximum atomic E-state index is 12.3. The second kappa shape index (κ2) is 9.41. The summed E-state index contributed by atoms with van der Waals surface area (Å²) in [4.78, 5) is 12.5. The van der Waals surface area contributed by atoms with Gasteiger partial charge in [0.25, 0.3) is 5.91 Å². The van der Waals surface area contributed by atoms with Crippen LogP contribution in [0.4, 0.5) is 0 Å². The van der Waals surface area contributed by atoms with Crippen molar-refractivity contribution >= 4 is 15.9 Å². The lowest BCUT2D eigenvalue weighted by Gasteiger charge is -2.26. The Morgan fingerprint density at radius 3 is 2.62 bits per heavy atom. The van der Waals surface area contributed by atoms with Crippen molar-refractivity contribution in [2.45, 2.75) is 56.5 Å². The van der Waals surface area contributed by atoms with Crippen LogP contribution in [0.15, 0.2) is 53.4 Å². The summed E-state index contributed by atoms with van der Waals surface area (Å²) in [5.41, 5.74) is 2.46. The minimum atomic E-state index is -3.55. The van der Waals surface area contributed by atoms with Gasteiger partial charge in [0.05, 0.1) is 10.9 Å². The average molecular weight is 417 g/mol. The van der Waals surface area contributed by atoms with E-state index in [2.05, 4.69) is 22.2 Å². The highest BCUT2D eigenvalue weighted by molar-refractivity contribution is 7.89. The van der Waals surface area contributed by atoms with Crippen molar-refractivity contribution in [2.24, 2.45) is 0 Å². The predicted molar refractivity (Wildman–Crippen MR) is 112 cm³/mol. The van der Waals surface area contributed by atoms with Crippen LogP contribution in [0.2, 0.25) is 0 Å². The molecule has 2 aromatic carbocycles. The third kappa shape index (κ3) is 5.58. The van der Waals surface area contributed by atoms with E-state index in [4.69, 9.17) is 4.74 Å². The standard InChI is InChI=1S/C22H28N2O4S/c1-3-16(2)24-29(26,27)19-13-11-18(12-14-19)28-15-22(25)23-21-10-6-8-17-7-4-5-9-20(17)21/h4-5,7,9,11-14,16,21,24H,3,6,8,10,15H2,1-2H3,(H,23,25)/t16-,21-/m0/s1. The highest BCUT2D eigenvalue weighted by atomic mass is 32.2. The van der Waals surface area contributed by atoms with Crippen LogP contribution in [0.3, 0.4) is 0 Å². The van der Waals surface area contributed by atoms with Gasteiger partial charge < -0.3 is 10.1 Å². The number of sulfonamides is 1. The van der Waals surface area contributed by atoms with Crippen molar-refractivity contribution in [1.29, 1.82) is 0 Å². The van der Waals surface area contributed by atoms with Crippen LogP contribution < -0.4 is 14.8 Å². The third-order valence-electron chi connectivity index (χ3n) is 5.18. The fraction of sp³-hybridized carbons (Fsp3) is 0.409. The Kier molecular flexibility index (Phi) is 6.92. The van der Waals surface area contributed by atoms with E-state index in [1.165, 1.54) is 23.3 Å². The molecule has 2 aromatic rings. The number of nitrogens with one attached hydrogen (secondary N) is 2. The van der Waals surface area contributed by atoms with Gasteiger partial charge in [0.1, 0.15) is 5.75 Å². The Labute approximate surface area is 172 Å². The summed E-state index contributed by atoms with van der Waals surface area (Å²) in [7, 11) is -3.55. The number of carbonyl (C=O) groups is 1. The molecule has 1 aliphatic carbocycles. The van der Waals surface area contributed by atoms with Gasteiger partial charge in [0.15, 0.2) is 6.61 Å². The average Bonchev–Trinajstić information content (AvgIpc) is 2.72. The number of rotatable bonds is 8. The number of amides is 1. The van der Waals surface area contributed by atoms with E-state index in [9.17, 15) is 13.2 Å². The summed E-state index contributed by atoms with van der Waals surface area (Å²) in [6.45, 7) is 3.62. The van der Waals surface area contributed by atoms with Gasteiger partial charge in [-0.15, -0.1) is 0 Å². The second-order valence-electron chi connectivity index (χ2n) is 7.40. The van der Waals surface area contributed by atoms with Crippen LogP contribution in [0, 0.1) is 0 Å². The Balaban J connectivity index is 1.55. The highest BCUT2D eigenvalue weighted by Crippen LogP contribution is 2.29. The zero-order valence-electron chi connectivity index (χ0n) is 16.9. The topological polar surface area (TPSA) is 84.5 Å². The first kappa shape index (κ1) is 21.3. The molecule has 0 aliphatic heterocycles. The van der Waals surface area contributed by atoms with Crippen molar-refractivity contribution in [3.05, 3.63) is 59.7 Å². The SMILES string of the molecule is CC[C@H](C)NS(=O)(=O)c1ccc(OCC(=O)N[C@H]2CCCc3ccccc32)cc1. The zero-order valence-corrected chi connectivity index (χ0v) is 17.7. The Morgan fingerprint density at radius 1 is 1.17 bits per heavy atom. The molecule has 1 aliphatic rings. The molecule has 0 aromatic heterocycles. The Hall–Kier alpha value is -2.38. The van der Waals surface area contributed by atoms with E-state index in [0.717, 1.165) is 19.3 Å². The number of ether oxygens (including phenoxy) is 1. The number of benzene rings is 2. The van der Waals surface area contributed by atoms with Gasteiger partial charge in [-0.2, -0.15) is 0 Å². The van der Waals surface area contributed by atoms with E-state index >= 15 is 0 Å². The van der Waals surface area contributed by atoms with Crippen molar-refractivity contribution in [3.8, 4) is 5.75 Å².